The van der Waals surface area contributed by atoms with Gasteiger partial charge in [-0.2, -0.15) is 0 Å². The summed E-state index contributed by atoms with van der Waals surface area (Å²) in [5.41, 5.74) is 0.365. The minimum absolute atomic E-state index is 0.0726. The Labute approximate surface area is 122 Å². The van der Waals surface area contributed by atoms with Crippen molar-refractivity contribution in [3.05, 3.63) is 48.2 Å². The second kappa shape index (κ2) is 6.59. The fraction of sp³-hybridized carbons (Fsp3) is 0.231. The maximum absolute atomic E-state index is 13.0. The molecule has 0 saturated carbocycles. The van der Waals surface area contributed by atoms with Gasteiger partial charge in [0.05, 0.1) is 11.1 Å². The Balaban J connectivity index is 1.92. The number of anilines is 1. The molecule has 21 heavy (non-hydrogen) atoms. The smallest absolute Gasteiger partial charge is 0.240 e. The van der Waals surface area contributed by atoms with Gasteiger partial charge in [-0.25, -0.2) is 22.5 Å². The molecule has 1 heterocycles. The summed E-state index contributed by atoms with van der Waals surface area (Å²) in [7, 11) is -3.65. The first kappa shape index (κ1) is 15.3. The first-order valence-corrected chi connectivity index (χ1v) is 7.73. The third kappa shape index (κ3) is 4.20. The van der Waals surface area contributed by atoms with Gasteiger partial charge in [0.15, 0.2) is 0 Å². The van der Waals surface area contributed by atoms with Crippen LogP contribution in [0.15, 0.2) is 41.7 Å². The average molecular weight is 310 g/mol. The van der Waals surface area contributed by atoms with Gasteiger partial charge in [-0.05, 0) is 30.7 Å². The van der Waals surface area contributed by atoms with Gasteiger partial charge in [-0.1, -0.05) is 0 Å². The standard InChI is InChI=1S/C13H15FN4O2S/c1-10-8-11(14)2-3-12(10)21(19,20)18-7-6-17-13-9-15-4-5-16-13/h2-5,8-9,18H,6-7H2,1H3,(H,16,17). The van der Waals surface area contributed by atoms with Crippen LogP contribution in [0.25, 0.3) is 0 Å². The highest BCUT2D eigenvalue weighted by molar-refractivity contribution is 7.89. The summed E-state index contributed by atoms with van der Waals surface area (Å²) < 4.78 is 39.6. The van der Waals surface area contributed by atoms with E-state index in [0.717, 1.165) is 6.07 Å². The molecule has 2 rings (SSSR count). The summed E-state index contributed by atoms with van der Waals surface area (Å²) in [5.74, 6) is 0.102. The number of nitrogens with one attached hydrogen (secondary N) is 2. The van der Waals surface area contributed by atoms with Crippen molar-refractivity contribution in [1.29, 1.82) is 0 Å². The van der Waals surface area contributed by atoms with Crippen molar-refractivity contribution in [2.45, 2.75) is 11.8 Å². The number of sulfonamides is 1. The van der Waals surface area contributed by atoms with Gasteiger partial charge in [-0.3, -0.25) is 4.98 Å². The van der Waals surface area contributed by atoms with Crippen molar-refractivity contribution < 1.29 is 12.8 Å². The van der Waals surface area contributed by atoms with Crippen LogP contribution in [-0.2, 0) is 10.0 Å². The molecule has 0 amide bonds. The first-order valence-electron chi connectivity index (χ1n) is 6.25. The van der Waals surface area contributed by atoms with Gasteiger partial charge in [0.25, 0.3) is 0 Å². The Morgan fingerprint density at radius 2 is 2.05 bits per heavy atom. The molecule has 6 nitrogen and oxygen atoms in total. The van der Waals surface area contributed by atoms with Crippen LogP contribution in [0.3, 0.4) is 0 Å². The number of hydrogen-bond donors (Lipinski definition) is 2. The predicted octanol–water partition coefficient (Wildman–Crippen LogP) is 1.31. The second-order valence-corrected chi connectivity index (χ2v) is 6.06. The Bertz CT molecular complexity index is 707. The van der Waals surface area contributed by atoms with Crippen molar-refractivity contribution in [1.82, 2.24) is 14.7 Å². The Hall–Kier alpha value is -2.06. The summed E-state index contributed by atoms with van der Waals surface area (Å²) >= 11 is 0. The molecule has 2 N–H and O–H groups in total. The van der Waals surface area contributed by atoms with Gasteiger partial charge in [0.1, 0.15) is 11.6 Å². The molecule has 0 aliphatic rings. The van der Waals surface area contributed by atoms with Crippen LogP contribution in [0.5, 0.6) is 0 Å². The third-order valence-corrected chi connectivity index (χ3v) is 4.33. The lowest BCUT2D eigenvalue weighted by molar-refractivity contribution is 0.581. The molecule has 0 spiro atoms. The Morgan fingerprint density at radius 1 is 1.24 bits per heavy atom. The molecular weight excluding hydrogens is 295 g/mol. The van der Waals surface area contributed by atoms with E-state index in [4.69, 9.17) is 0 Å². The Morgan fingerprint density at radius 3 is 2.71 bits per heavy atom. The van der Waals surface area contributed by atoms with Gasteiger partial charge < -0.3 is 5.32 Å². The molecule has 1 aromatic heterocycles. The topological polar surface area (TPSA) is 84.0 Å². The molecule has 0 saturated heterocycles. The zero-order valence-electron chi connectivity index (χ0n) is 11.4. The highest BCUT2D eigenvalue weighted by atomic mass is 32.2. The molecular formula is C13H15FN4O2S. The maximum atomic E-state index is 13.0. The molecule has 0 radical (unpaired) electrons. The number of rotatable bonds is 6. The third-order valence-electron chi connectivity index (χ3n) is 2.71. The number of aromatic nitrogens is 2. The lowest BCUT2D eigenvalue weighted by Crippen LogP contribution is -2.29. The predicted molar refractivity (Wildman–Crippen MR) is 76.8 cm³/mol. The summed E-state index contributed by atoms with van der Waals surface area (Å²) in [6, 6.07) is 3.56. The van der Waals surface area contributed by atoms with Crippen LogP contribution in [0.1, 0.15) is 5.56 Å². The average Bonchev–Trinajstić information content (AvgIpc) is 2.44. The molecule has 1 aromatic carbocycles. The summed E-state index contributed by atoms with van der Waals surface area (Å²) in [4.78, 5) is 7.96. The summed E-state index contributed by atoms with van der Waals surface area (Å²) in [5, 5.41) is 2.93. The fourth-order valence-electron chi connectivity index (χ4n) is 1.76. The van der Waals surface area contributed by atoms with Crippen LogP contribution in [-0.4, -0.2) is 31.5 Å². The number of aryl methyl sites for hydroxylation is 1. The first-order chi connectivity index (χ1) is 9.99. The van der Waals surface area contributed by atoms with Crippen LogP contribution in [0.4, 0.5) is 10.2 Å². The minimum Gasteiger partial charge on any atom is -0.367 e. The van der Waals surface area contributed by atoms with E-state index >= 15 is 0 Å². The molecule has 0 fully saturated rings. The van der Waals surface area contributed by atoms with E-state index in [1.54, 1.807) is 19.3 Å². The molecule has 0 unspecified atom stereocenters. The van der Waals surface area contributed by atoms with Crippen LogP contribution >= 0.6 is 0 Å². The van der Waals surface area contributed by atoms with Crippen molar-refractivity contribution in [2.24, 2.45) is 0 Å². The highest BCUT2D eigenvalue weighted by Gasteiger charge is 2.16. The zero-order valence-corrected chi connectivity index (χ0v) is 12.2. The quantitative estimate of drug-likeness (QED) is 0.786. The van der Waals surface area contributed by atoms with Gasteiger partial charge in [0.2, 0.25) is 10.0 Å². The summed E-state index contributed by atoms with van der Waals surface area (Å²) in [6.45, 7) is 2.09. The number of benzene rings is 1. The van der Waals surface area contributed by atoms with Crippen LogP contribution in [0, 0.1) is 12.7 Å². The number of hydrogen-bond acceptors (Lipinski definition) is 5. The Kier molecular flexibility index (Phi) is 4.81. The fourth-order valence-corrected chi connectivity index (χ4v) is 3.01. The zero-order chi connectivity index (χ0) is 15.3. The van der Waals surface area contributed by atoms with Gasteiger partial charge in [-0.15, -0.1) is 0 Å². The lowest BCUT2D eigenvalue weighted by atomic mass is 10.2. The number of halogens is 1. The lowest BCUT2D eigenvalue weighted by Gasteiger charge is -2.10. The van der Waals surface area contributed by atoms with E-state index in [-0.39, 0.29) is 11.4 Å². The SMILES string of the molecule is Cc1cc(F)ccc1S(=O)(=O)NCCNc1cnccn1. The van der Waals surface area contributed by atoms with Crippen molar-refractivity contribution in [2.75, 3.05) is 18.4 Å². The van der Waals surface area contributed by atoms with Gasteiger partial charge >= 0.3 is 0 Å². The monoisotopic (exact) mass is 310 g/mol. The molecule has 2 aromatic rings. The number of nitrogens with zero attached hydrogens (tertiary/aromatic N) is 2. The van der Waals surface area contributed by atoms with Crippen molar-refractivity contribution >= 4 is 15.8 Å². The molecule has 8 heteroatoms. The highest BCUT2D eigenvalue weighted by Crippen LogP contribution is 2.15. The molecule has 0 bridgehead atoms. The molecule has 0 aliphatic heterocycles. The summed E-state index contributed by atoms with van der Waals surface area (Å²) in [6.07, 6.45) is 4.62. The maximum Gasteiger partial charge on any atom is 0.240 e. The molecule has 0 atom stereocenters. The largest absolute Gasteiger partial charge is 0.367 e. The minimum atomic E-state index is -3.65. The van der Waals surface area contributed by atoms with Crippen molar-refractivity contribution in [3.63, 3.8) is 0 Å². The van der Waals surface area contributed by atoms with Crippen molar-refractivity contribution in [3.8, 4) is 0 Å². The normalized spacial score (nSPS) is 11.3. The van der Waals surface area contributed by atoms with E-state index in [1.807, 2.05) is 0 Å². The van der Waals surface area contributed by atoms with E-state index in [0.29, 0.717) is 17.9 Å². The van der Waals surface area contributed by atoms with E-state index in [9.17, 15) is 12.8 Å². The van der Waals surface area contributed by atoms with E-state index < -0.39 is 15.8 Å². The molecule has 0 aliphatic carbocycles. The van der Waals surface area contributed by atoms with Crippen LogP contribution in [0.2, 0.25) is 0 Å². The van der Waals surface area contributed by atoms with E-state index in [1.165, 1.54) is 18.3 Å². The van der Waals surface area contributed by atoms with Crippen LogP contribution < -0.4 is 10.0 Å². The molecule has 112 valence electrons. The second-order valence-electron chi connectivity index (χ2n) is 4.33. The van der Waals surface area contributed by atoms with Gasteiger partial charge in [0, 0.05) is 25.5 Å². The van der Waals surface area contributed by atoms with E-state index in [2.05, 4.69) is 20.0 Å².